The molecule has 0 aromatic heterocycles. The molecular formula is C11H18N4O2. The van der Waals surface area contributed by atoms with E-state index in [9.17, 15) is 9.59 Å². The highest BCUT2D eigenvalue weighted by Crippen LogP contribution is 2.05. The average Bonchev–Trinajstić information content (AvgIpc) is 2.61. The van der Waals surface area contributed by atoms with Crippen molar-refractivity contribution in [3.8, 4) is 0 Å². The van der Waals surface area contributed by atoms with Crippen LogP contribution < -0.4 is 10.6 Å². The Bertz CT molecular complexity index is 320. The molecule has 3 N–H and O–H groups in total. The minimum atomic E-state index is -0.175. The van der Waals surface area contributed by atoms with Crippen molar-refractivity contribution >= 4 is 17.6 Å². The molecule has 1 rings (SSSR count). The van der Waals surface area contributed by atoms with E-state index in [0.29, 0.717) is 25.9 Å². The lowest BCUT2D eigenvalue weighted by Gasteiger charge is -2.15. The summed E-state index contributed by atoms with van der Waals surface area (Å²) in [6, 6.07) is 0. The van der Waals surface area contributed by atoms with Crippen LogP contribution in [0.5, 0.6) is 0 Å². The van der Waals surface area contributed by atoms with E-state index in [1.165, 1.54) is 17.1 Å². The summed E-state index contributed by atoms with van der Waals surface area (Å²) in [6.45, 7) is 1.77. The predicted molar refractivity (Wildman–Crippen MR) is 64.8 cm³/mol. The molecule has 0 aromatic carbocycles. The number of hydrogen-bond donors (Lipinski definition) is 3. The van der Waals surface area contributed by atoms with E-state index in [4.69, 9.17) is 5.41 Å². The molecule has 0 aromatic rings. The van der Waals surface area contributed by atoms with Crippen LogP contribution in [-0.2, 0) is 9.59 Å². The quantitative estimate of drug-likeness (QED) is 0.522. The molecular weight excluding hydrogens is 220 g/mol. The molecule has 1 aliphatic heterocycles. The zero-order valence-corrected chi connectivity index (χ0v) is 9.95. The standard InChI is InChI=1S/C11H18N4O2/c1-13-6-7-14-10(16)3-2-8-15-9(12)4-5-11(15)17/h4-5,12-13H,2-3,6-8H2,1H3,(H,14,16). The number of nitrogens with one attached hydrogen (secondary N) is 3. The summed E-state index contributed by atoms with van der Waals surface area (Å²) >= 11 is 0. The molecule has 94 valence electrons. The van der Waals surface area contributed by atoms with E-state index in [1.807, 2.05) is 7.05 Å². The zero-order valence-electron chi connectivity index (χ0n) is 9.95. The van der Waals surface area contributed by atoms with Crippen LogP contribution in [0, 0.1) is 5.41 Å². The number of carbonyl (C=O) groups is 2. The van der Waals surface area contributed by atoms with Gasteiger partial charge in [0.2, 0.25) is 5.91 Å². The van der Waals surface area contributed by atoms with E-state index in [2.05, 4.69) is 10.6 Å². The molecule has 2 amide bonds. The lowest BCUT2D eigenvalue weighted by atomic mass is 10.2. The van der Waals surface area contributed by atoms with E-state index in [-0.39, 0.29) is 17.6 Å². The highest BCUT2D eigenvalue weighted by Gasteiger charge is 2.19. The third kappa shape index (κ3) is 4.36. The zero-order chi connectivity index (χ0) is 12.7. The SMILES string of the molecule is CNCCNC(=O)CCCN1C(=N)C=CC1=O. The molecule has 6 nitrogen and oxygen atoms in total. The van der Waals surface area contributed by atoms with Gasteiger partial charge < -0.3 is 10.6 Å². The molecule has 17 heavy (non-hydrogen) atoms. The van der Waals surface area contributed by atoms with Crippen molar-refractivity contribution in [3.05, 3.63) is 12.2 Å². The van der Waals surface area contributed by atoms with Crippen molar-refractivity contribution in [1.29, 1.82) is 5.41 Å². The summed E-state index contributed by atoms with van der Waals surface area (Å²) in [5.74, 6) is 0.00238. The molecule has 0 bridgehead atoms. The third-order valence-electron chi connectivity index (χ3n) is 2.42. The third-order valence-corrected chi connectivity index (χ3v) is 2.42. The fourth-order valence-corrected chi connectivity index (χ4v) is 1.49. The smallest absolute Gasteiger partial charge is 0.252 e. The topological polar surface area (TPSA) is 85.3 Å². The van der Waals surface area contributed by atoms with Gasteiger partial charge in [-0.25, -0.2) is 0 Å². The van der Waals surface area contributed by atoms with Crippen molar-refractivity contribution in [2.75, 3.05) is 26.7 Å². The van der Waals surface area contributed by atoms with Crippen molar-refractivity contribution < 1.29 is 9.59 Å². The molecule has 1 aliphatic rings. The second-order valence-corrected chi connectivity index (χ2v) is 3.77. The monoisotopic (exact) mass is 238 g/mol. The Hall–Kier alpha value is -1.69. The lowest BCUT2D eigenvalue weighted by Crippen LogP contribution is -2.33. The van der Waals surface area contributed by atoms with E-state index >= 15 is 0 Å². The van der Waals surface area contributed by atoms with Gasteiger partial charge in [0.15, 0.2) is 0 Å². The average molecular weight is 238 g/mol. The Labute approximate surface area is 101 Å². The van der Waals surface area contributed by atoms with Gasteiger partial charge in [-0.05, 0) is 19.5 Å². The Morgan fingerprint density at radius 3 is 2.76 bits per heavy atom. The first-order valence-corrected chi connectivity index (χ1v) is 5.64. The van der Waals surface area contributed by atoms with Crippen molar-refractivity contribution in [3.63, 3.8) is 0 Å². The minimum Gasteiger partial charge on any atom is -0.355 e. The Morgan fingerprint density at radius 2 is 2.18 bits per heavy atom. The number of nitrogens with zero attached hydrogens (tertiary/aromatic N) is 1. The first kappa shape index (κ1) is 13.4. The van der Waals surface area contributed by atoms with Gasteiger partial charge in [0.1, 0.15) is 5.84 Å². The van der Waals surface area contributed by atoms with Crippen LogP contribution in [0.25, 0.3) is 0 Å². The van der Waals surface area contributed by atoms with Crippen molar-refractivity contribution in [2.45, 2.75) is 12.8 Å². The minimum absolute atomic E-state index is 0.0219. The predicted octanol–water partition coefficient (Wildman–Crippen LogP) is -0.522. The van der Waals surface area contributed by atoms with Gasteiger partial charge >= 0.3 is 0 Å². The second kappa shape index (κ2) is 6.80. The van der Waals surface area contributed by atoms with Crippen molar-refractivity contribution in [2.24, 2.45) is 0 Å². The molecule has 0 saturated heterocycles. The molecule has 0 unspecified atom stereocenters. The maximum absolute atomic E-state index is 11.3. The van der Waals surface area contributed by atoms with Gasteiger partial charge in [-0.15, -0.1) is 0 Å². The van der Waals surface area contributed by atoms with Crippen LogP contribution in [0.2, 0.25) is 0 Å². The highest BCUT2D eigenvalue weighted by atomic mass is 16.2. The largest absolute Gasteiger partial charge is 0.355 e. The van der Waals surface area contributed by atoms with Gasteiger partial charge in [0, 0.05) is 32.1 Å². The summed E-state index contributed by atoms with van der Waals surface area (Å²) in [5, 5.41) is 13.2. The molecule has 0 aliphatic carbocycles. The van der Waals surface area contributed by atoms with Gasteiger partial charge in [-0.3, -0.25) is 19.9 Å². The maximum Gasteiger partial charge on any atom is 0.252 e. The number of amides is 2. The maximum atomic E-state index is 11.3. The van der Waals surface area contributed by atoms with Gasteiger partial charge in [0.25, 0.3) is 5.91 Å². The van der Waals surface area contributed by atoms with Gasteiger partial charge in [-0.1, -0.05) is 0 Å². The van der Waals surface area contributed by atoms with Crippen LogP contribution >= 0.6 is 0 Å². The first-order chi connectivity index (χ1) is 8.15. The number of rotatable bonds is 7. The second-order valence-electron chi connectivity index (χ2n) is 3.77. The van der Waals surface area contributed by atoms with Crippen molar-refractivity contribution in [1.82, 2.24) is 15.5 Å². The fourth-order valence-electron chi connectivity index (χ4n) is 1.49. The number of amidine groups is 1. The fraction of sp³-hybridized carbons (Fsp3) is 0.545. The number of likely N-dealkylation sites (N-methyl/N-ethyl adjacent to an activating group) is 1. The van der Waals surface area contributed by atoms with Crippen LogP contribution in [-0.4, -0.2) is 49.2 Å². The van der Waals surface area contributed by atoms with Crippen LogP contribution in [0.1, 0.15) is 12.8 Å². The van der Waals surface area contributed by atoms with E-state index in [0.717, 1.165) is 6.54 Å². The van der Waals surface area contributed by atoms with Crippen LogP contribution in [0.3, 0.4) is 0 Å². The normalized spacial score (nSPS) is 14.5. The molecule has 0 atom stereocenters. The molecule has 0 saturated carbocycles. The van der Waals surface area contributed by atoms with Crippen LogP contribution in [0.15, 0.2) is 12.2 Å². The molecule has 6 heteroatoms. The molecule has 1 heterocycles. The first-order valence-electron chi connectivity index (χ1n) is 5.64. The summed E-state index contributed by atoms with van der Waals surface area (Å²) in [7, 11) is 1.82. The van der Waals surface area contributed by atoms with Gasteiger partial charge in [0.05, 0.1) is 0 Å². The van der Waals surface area contributed by atoms with Crippen LogP contribution in [0.4, 0.5) is 0 Å². The summed E-state index contributed by atoms with van der Waals surface area (Å²) in [4.78, 5) is 24.0. The Balaban J connectivity index is 2.13. The number of carbonyl (C=O) groups excluding carboxylic acids is 2. The Kier molecular flexibility index (Phi) is 5.35. The molecule has 0 spiro atoms. The highest BCUT2D eigenvalue weighted by molar-refractivity contribution is 6.14. The summed E-state index contributed by atoms with van der Waals surface area (Å²) < 4.78 is 0. The van der Waals surface area contributed by atoms with E-state index < -0.39 is 0 Å². The van der Waals surface area contributed by atoms with Gasteiger partial charge in [-0.2, -0.15) is 0 Å². The molecule has 0 radical (unpaired) electrons. The van der Waals surface area contributed by atoms with E-state index in [1.54, 1.807) is 0 Å². The Morgan fingerprint density at radius 1 is 1.41 bits per heavy atom. The molecule has 0 fully saturated rings. The summed E-state index contributed by atoms with van der Waals surface area (Å²) in [6.07, 6.45) is 3.78. The summed E-state index contributed by atoms with van der Waals surface area (Å²) in [5.41, 5.74) is 0. The lowest BCUT2D eigenvalue weighted by molar-refractivity contribution is -0.123. The number of hydrogen-bond acceptors (Lipinski definition) is 4.